The van der Waals surface area contributed by atoms with Crippen LogP contribution in [0.1, 0.15) is 6.42 Å². The lowest BCUT2D eigenvalue weighted by atomic mass is 10.2. The number of amides is 1. The lowest BCUT2D eigenvalue weighted by molar-refractivity contribution is -0.115. The van der Waals surface area contributed by atoms with E-state index in [0.717, 1.165) is 0 Å². The van der Waals surface area contributed by atoms with Gasteiger partial charge in [0.15, 0.2) is 0 Å². The van der Waals surface area contributed by atoms with E-state index in [1.54, 1.807) is 25.1 Å². The molecule has 19 heavy (non-hydrogen) atoms. The van der Waals surface area contributed by atoms with Crippen LogP contribution < -0.4 is 15.4 Å². The standard InChI is InChI=1S/C11H14N4O3S/c1-15(2)10-4-3-8(19(13,17)18)7-9(10)14-11(16)5-6-12/h3-4,7H,5H2,1-2H3,(H,14,16)(H2,13,17,18). The number of hydrogen-bond donors (Lipinski definition) is 2. The molecule has 1 aromatic carbocycles. The summed E-state index contributed by atoms with van der Waals surface area (Å²) in [5.41, 5.74) is 0.899. The smallest absolute Gasteiger partial charge is 0.238 e. The second-order valence-corrected chi connectivity index (χ2v) is 5.56. The van der Waals surface area contributed by atoms with E-state index in [1.807, 2.05) is 0 Å². The van der Waals surface area contributed by atoms with Crippen molar-refractivity contribution in [3.05, 3.63) is 18.2 Å². The van der Waals surface area contributed by atoms with Gasteiger partial charge in [-0.2, -0.15) is 5.26 Å². The molecule has 1 aromatic rings. The molecule has 0 aliphatic rings. The Kier molecular flexibility index (Phi) is 4.47. The van der Waals surface area contributed by atoms with Gasteiger partial charge in [-0.3, -0.25) is 4.79 Å². The molecule has 1 rings (SSSR count). The molecule has 0 unspecified atom stereocenters. The minimum absolute atomic E-state index is 0.106. The molecule has 7 nitrogen and oxygen atoms in total. The van der Waals surface area contributed by atoms with Crippen molar-refractivity contribution < 1.29 is 13.2 Å². The van der Waals surface area contributed by atoms with Crippen LogP contribution in [-0.2, 0) is 14.8 Å². The van der Waals surface area contributed by atoms with Crippen LogP contribution in [0.2, 0.25) is 0 Å². The van der Waals surface area contributed by atoms with Gasteiger partial charge in [0.1, 0.15) is 6.42 Å². The van der Waals surface area contributed by atoms with Crippen molar-refractivity contribution in [2.24, 2.45) is 5.14 Å². The number of nitrogens with two attached hydrogens (primary N) is 1. The highest BCUT2D eigenvalue weighted by molar-refractivity contribution is 7.89. The minimum atomic E-state index is -3.85. The Morgan fingerprint density at radius 1 is 1.47 bits per heavy atom. The van der Waals surface area contributed by atoms with Gasteiger partial charge < -0.3 is 10.2 Å². The maximum atomic E-state index is 11.4. The molecule has 0 bridgehead atoms. The lowest BCUT2D eigenvalue weighted by Gasteiger charge is -2.18. The van der Waals surface area contributed by atoms with Gasteiger partial charge in [0.25, 0.3) is 0 Å². The van der Waals surface area contributed by atoms with Crippen LogP contribution in [0.4, 0.5) is 11.4 Å². The number of benzene rings is 1. The highest BCUT2D eigenvalue weighted by Gasteiger charge is 2.14. The van der Waals surface area contributed by atoms with Crippen LogP contribution in [0.5, 0.6) is 0 Å². The summed E-state index contributed by atoms with van der Waals surface area (Å²) in [6.07, 6.45) is -0.313. The van der Waals surface area contributed by atoms with Crippen LogP contribution in [0.3, 0.4) is 0 Å². The summed E-state index contributed by atoms with van der Waals surface area (Å²) in [5, 5.41) is 16.0. The molecule has 0 aromatic heterocycles. The minimum Gasteiger partial charge on any atom is -0.376 e. The predicted octanol–water partition coefficient (Wildman–Crippen LogP) is 0.252. The van der Waals surface area contributed by atoms with Crippen molar-refractivity contribution in [3.63, 3.8) is 0 Å². The van der Waals surface area contributed by atoms with Crippen molar-refractivity contribution in [1.82, 2.24) is 0 Å². The number of sulfonamides is 1. The largest absolute Gasteiger partial charge is 0.376 e. The van der Waals surface area contributed by atoms with Crippen molar-refractivity contribution in [3.8, 4) is 6.07 Å². The molecule has 0 saturated heterocycles. The molecule has 0 atom stereocenters. The maximum Gasteiger partial charge on any atom is 0.238 e. The fourth-order valence-corrected chi connectivity index (χ4v) is 1.99. The van der Waals surface area contributed by atoms with Gasteiger partial charge >= 0.3 is 0 Å². The van der Waals surface area contributed by atoms with E-state index in [0.29, 0.717) is 5.69 Å². The van der Waals surface area contributed by atoms with E-state index in [9.17, 15) is 13.2 Å². The molecular weight excluding hydrogens is 268 g/mol. The number of nitrogens with one attached hydrogen (secondary N) is 1. The Bertz CT molecular complexity index is 632. The Morgan fingerprint density at radius 2 is 2.11 bits per heavy atom. The number of anilines is 2. The first-order valence-electron chi connectivity index (χ1n) is 5.26. The summed E-state index contributed by atoms with van der Waals surface area (Å²) >= 11 is 0. The molecule has 1 amide bonds. The third-order valence-corrected chi connectivity index (χ3v) is 3.20. The fraction of sp³-hybridized carbons (Fsp3) is 0.273. The van der Waals surface area contributed by atoms with Gasteiger partial charge in [0.05, 0.1) is 22.3 Å². The zero-order valence-electron chi connectivity index (χ0n) is 10.5. The van der Waals surface area contributed by atoms with Crippen LogP contribution >= 0.6 is 0 Å². The van der Waals surface area contributed by atoms with Gasteiger partial charge in [-0.05, 0) is 18.2 Å². The number of primary sulfonamides is 1. The van der Waals surface area contributed by atoms with Gasteiger partial charge in [0, 0.05) is 14.1 Å². The van der Waals surface area contributed by atoms with E-state index >= 15 is 0 Å². The zero-order chi connectivity index (χ0) is 14.6. The van der Waals surface area contributed by atoms with E-state index in [1.165, 1.54) is 18.2 Å². The van der Waals surface area contributed by atoms with E-state index in [2.05, 4.69) is 5.32 Å². The predicted molar refractivity (Wildman–Crippen MR) is 71.0 cm³/mol. The summed E-state index contributed by atoms with van der Waals surface area (Å²) in [7, 11) is -0.367. The van der Waals surface area contributed by atoms with E-state index < -0.39 is 15.9 Å². The van der Waals surface area contributed by atoms with Gasteiger partial charge in [-0.1, -0.05) is 0 Å². The molecular formula is C11H14N4O3S. The Balaban J connectivity index is 3.24. The summed E-state index contributed by atoms with van der Waals surface area (Å²) in [6.45, 7) is 0. The quantitative estimate of drug-likeness (QED) is 0.821. The molecule has 0 saturated carbocycles. The number of carbonyl (C=O) groups excluding carboxylic acids is 1. The second kappa shape index (κ2) is 5.69. The highest BCUT2D eigenvalue weighted by atomic mass is 32.2. The van der Waals surface area contributed by atoms with Crippen LogP contribution in [-0.4, -0.2) is 28.4 Å². The monoisotopic (exact) mass is 282 g/mol. The first kappa shape index (κ1) is 14.9. The third-order valence-electron chi connectivity index (χ3n) is 2.29. The molecule has 0 aliphatic carbocycles. The molecule has 8 heteroatoms. The first-order chi connectivity index (χ1) is 8.75. The SMILES string of the molecule is CN(C)c1ccc(S(N)(=O)=O)cc1NC(=O)CC#N. The molecule has 0 heterocycles. The molecule has 0 fully saturated rings. The van der Waals surface area contributed by atoms with E-state index in [-0.39, 0.29) is 17.0 Å². The summed E-state index contributed by atoms with van der Waals surface area (Å²) < 4.78 is 22.6. The Hall–Kier alpha value is -2.11. The fourth-order valence-electron chi connectivity index (χ4n) is 1.45. The third kappa shape index (κ3) is 3.94. The van der Waals surface area contributed by atoms with Gasteiger partial charge in [0.2, 0.25) is 15.9 Å². The average molecular weight is 282 g/mol. The summed E-state index contributed by atoms with van der Waals surface area (Å²) in [5.74, 6) is -0.517. The van der Waals surface area contributed by atoms with Crippen molar-refractivity contribution in [1.29, 1.82) is 5.26 Å². The van der Waals surface area contributed by atoms with E-state index in [4.69, 9.17) is 10.4 Å². The first-order valence-corrected chi connectivity index (χ1v) is 6.81. The number of nitriles is 1. The normalized spacial score (nSPS) is 10.6. The van der Waals surface area contributed by atoms with Gasteiger partial charge in [-0.15, -0.1) is 0 Å². The number of hydrogen-bond acceptors (Lipinski definition) is 5. The maximum absolute atomic E-state index is 11.4. The number of nitrogens with zero attached hydrogens (tertiary/aromatic N) is 2. The van der Waals surface area contributed by atoms with Crippen LogP contribution in [0, 0.1) is 11.3 Å². The highest BCUT2D eigenvalue weighted by Crippen LogP contribution is 2.27. The lowest BCUT2D eigenvalue weighted by Crippen LogP contribution is -2.18. The van der Waals surface area contributed by atoms with Crippen molar-refractivity contribution >= 4 is 27.3 Å². The number of rotatable bonds is 4. The van der Waals surface area contributed by atoms with Crippen molar-refractivity contribution in [2.45, 2.75) is 11.3 Å². The van der Waals surface area contributed by atoms with Gasteiger partial charge in [-0.25, -0.2) is 13.6 Å². The molecule has 102 valence electrons. The summed E-state index contributed by atoms with van der Waals surface area (Å²) in [6, 6.07) is 5.86. The molecule has 0 aliphatic heterocycles. The van der Waals surface area contributed by atoms with Crippen LogP contribution in [0.25, 0.3) is 0 Å². The van der Waals surface area contributed by atoms with Crippen LogP contribution in [0.15, 0.2) is 23.1 Å². The topological polar surface area (TPSA) is 116 Å². The number of carbonyl (C=O) groups is 1. The Labute approximate surface area is 111 Å². The summed E-state index contributed by atoms with van der Waals surface area (Å²) in [4.78, 5) is 13.0. The van der Waals surface area contributed by atoms with Crippen molar-refractivity contribution in [2.75, 3.05) is 24.3 Å². The molecule has 0 radical (unpaired) electrons. The molecule has 3 N–H and O–H groups in total. The Morgan fingerprint density at radius 3 is 2.58 bits per heavy atom. The second-order valence-electron chi connectivity index (χ2n) is 4.00. The molecule has 0 spiro atoms. The average Bonchev–Trinajstić information content (AvgIpc) is 2.27. The zero-order valence-corrected chi connectivity index (χ0v) is 11.4.